The molecule has 2 atom stereocenters. The molecule has 1 aliphatic heterocycles. The SMILES string of the molecule is CCC[C@@H]1C(=O)N(Cc2ccccc2)[C@@H]1c1ccccc1. The second-order valence-electron chi connectivity index (χ2n) is 5.70. The summed E-state index contributed by atoms with van der Waals surface area (Å²) in [4.78, 5) is 14.5. The number of nitrogens with zero attached hydrogens (tertiary/aromatic N) is 1. The van der Waals surface area contributed by atoms with E-state index in [1.807, 2.05) is 29.2 Å². The Hall–Kier alpha value is -2.09. The predicted octanol–water partition coefficient (Wildman–Crippen LogP) is 4.19. The smallest absolute Gasteiger partial charge is 0.228 e. The van der Waals surface area contributed by atoms with Gasteiger partial charge in [0.05, 0.1) is 12.0 Å². The number of likely N-dealkylation sites (tertiary alicyclic amines) is 1. The third kappa shape index (κ3) is 2.71. The second kappa shape index (κ2) is 6.13. The van der Waals surface area contributed by atoms with E-state index in [-0.39, 0.29) is 12.0 Å². The van der Waals surface area contributed by atoms with Crippen molar-refractivity contribution in [1.82, 2.24) is 4.90 Å². The zero-order chi connectivity index (χ0) is 14.7. The van der Waals surface area contributed by atoms with Crippen molar-refractivity contribution in [3.05, 3.63) is 71.8 Å². The van der Waals surface area contributed by atoms with Crippen LogP contribution in [0.15, 0.2) is 60.7 Å². The third-order valence-electron chi connectivity index (χ3n) is 4.25. The lowest BCUT2D eigenvalue weighted by Gasteiger charge is -2.48. The maximum Gasteiger partial charge on any atom is 0.228 e. The molecule has 0 aliphatic carbocycles. The summed E-state index contributed by atoms with van der Waals surface area (Å²) in [5.74, 6) is 0.454. The molecule has 0 radical (unpaired) electrons. The fraction of sp³-hybridized carbons (Fsp3) is 0.316. The maximum absolute atomic E-state index is 12.5. The van der Waals surface area contributed by atoms with Crippen LogP contribution in [0.5, 0.6) is 0 Å². The molecule has 1 saturated heterocycles. The average Bonchev–Trinajstić information content (AvgIpc) is 2.55. The van der Waals surface area contributed by atoms with Crippen molar-refractivity contribution in [2.45, 2.75) is 32.4 Å². The maximum atomic E-state index is 12.5. The summed E-state index contributed by atoms with van der Waals surface area (Å²) in [7, 11) is 0. The molecular weight excluding hydrogens is 258 g/mol. The van der Waals surface area contributed by atoms with E-state index in [2.05, 4.69) is 43.3 Å². The summed E-state index contributed by atoms with van der Waals surface area (Å²) in [5, 5.41) is 0. The van der Waals surface area contributed by atoms with Gasteiger partial charge >= 0.3 is 0 Å². The van der Waals surface area contributed by atoms with Gasteiger partial charge in [-0.25, -0.2) is 0 Å². The lowest BCUT2D eigenvalue weighted by atomic mass is 9.79. The molecule has 21 heavy (non-hydrogen) atoms. The van der Waals surface area contributed by atoms with Crippen LogP contribution in [-0.2, 0) is 11.3 Å². The van der Waals surface area contributed by atoms with Crippen LogP contribution < -0.4 is 0 Å². The van der Waals surface area contributed by atoms with Crippen LogP contribution in [0.25, 0.3) is 0 Å². The first kappa shape index (κ1) is 13.9. The van der Waals surface area contributed by atoms with Gasteiger partial charge in [0.15, 0.2) is 0 Å². The van der Waals surface area contributed by atoms with Gasteiger partial charge in [0.1, 0.15) is 0 Å². The van der Waals surface area contributed by atoms with E-state index in [4.69, 9.17) is 0 Å². The molecule has 2 aromatic rings. The molecule has 0 N–H and O–H groups in total. The Labute approximate surface area is 126 Å². The highest BCUT2D eigenvalue weighted by Crippen LogP contribution is 2.43. The van der Waals surface area contributed by atoms with Gasteiger partial charge in [0.2, 0.25) is 5.91 Å². The Balaban J connectivity index is 1.83. The molecular formula is C19H21NO. The topological polar surface area (TPSA) is 20.3 Å². The molecule has 2 heteroatoms. The summed E-state index contributed by atoms with van der Waals surface area (Å²) in [6, 6.07) is 20.9. The van der Waals surface area contributed by atoms with Crippen molar-refractivity contribution in [2.24, 2.45) is 5.92 Å². The van der Waals surface area contributed by atoms with E-state index in [1.165, 1.54) is 11.1 Å². The first-order chi connectivity index (χ1) is 10.3. The molecule has 1 aliphatic rings. The summed E-state index contributed by atoms with van der Waals surface area (Å²) in [6.45, 7) is 2.86. The highest BCUT2D eigenvalue weighted by molar-refractivity contribution is 5.86. The number of hydrogen-bond acceptors (Lipinski definition) is 1. The van der Waals surface area contributed by atoms with Crippen LogP contribution >= 0.6 is 0 Å². The Bertz CT molecular complexity index is 593. The zero-order valence-electron chi connectivity index (χ0n) is 12.4. The number of hydrogen-bond donors (Lipinski definition) is 0. The number of carbonyl (C=O) groups is 1. The Morgan fingerprint density at radius 3 is 2.19 bits per heavy atom. The quantitative estimate of drug-likeness (QED) is 0.752. The van der Waals surface area contributed by atoms with E-state index in [1.54, 1.807) is 0 Å². The van der Waals surface area contributed by atoms with Gasteiger partial charge in [0.25, 0.3) is 0 Å². The van der Waals surface area contributed by atoms with Crippen molar-refractivity contribution >= 4 is 5.91 Å². The number of β-lactam (4-membered cyclic amide) rings is 1. The lowest BCUT2D eigenvalue weighted by molar-refractivity contribution is -0.158. The molecule has 1 heterocycles. The van der Waals surface area contributed by atoms with Crippen LogP contribution in [-0.4, -0.2) is 10.8 Å². The minimum absolute atomic E-state index is 0.154. The number of rotatable bonds is 5. The highest BCUT2D eigenvalue weighted by Gasteiger charge is 2.46. The molecule has 2 nitrogen and oxygen atoms in total. The van der Waals surface area contributed by atoms with Gasteiger partial charge in [-0.15, -0.1) is 0 Å². The fourth-order valence-electron chi connectivity index (χ4n) is 3.23. The molecule has 0 unspecified atom stereocenters. The largest absolute Gasteiger partial charge is 0.330 e. The van der Waals surface area contributed by atoms with Crippen LogP contribution in [0.4, 0.5) is 0 Å². The molecule has 0 spiro atoms. The van der Waals surface area contributed by atoms with Crippen LogP contribution in [0.3, 0.4) is 0 Å². The van der Waals surface area contributed by atoms with Gasteiger partial charge in [0, 0.05) is 6.54 Å². The molecule has 1 amide bonds. The third-order valence-corrected chi connectivity index (χ3v) is 4.25. The van der Waals surface area contributed by atoms with Gasteiger partial charge < -0.3 is 4.90 Å². The first-order valence-corrected chi connectivity index (χ1v) is 7.70. The lowest BCUT2D eigenvalue weighted by Crippen LogP contribution is -2.54. The standard InChI is InChI=1S/C19H21NO/c1-2-9-17-18(16-12-7-4-8-13-16)20(19(17)21)14-15-10-5-3-6-11-15/h3-8,10-13,17-18H,2,9,14H2,1H3/t17-,18+/m0/s1. The van der Waals surface area contributed by atoms with Crippen LogP contribution in [0.2, 0.25) is 0 Å². The summed E-state index contributed by atoms with van der Waals surface area (Å²) in [6.07, 6.45) is 2.03. The van der Waals surface area contributed by atoms with Crippen molar-refractivity contribution in [3.8, 4) is 0 Å². The van der Waals surface area contributed by atoms with E-state index in [0.717, 1.165) is 12.8 Å². The molecule has 108 valence electrons. The average molecular weight is 279 g/mol. The fourth-order valence-corrected chi connectivity index (χ4v) is 3.23. The Kier molecular flexibility index (Phi) is 4.05. The highest BCUT2D eigenvalue weighted by atomic mass is 16.2. The van der Waals surface area contributed by atoms with E-state index in [9.17, 15) is 4.79 Å². The monoisotopic (exact) mass is 279 g/mol. The molecule has 0 aromatic heterocycles. The van der Waals surface area contributed by atoms with Crippen molar-refractivity contribution in [2.75, 3.05) is 0 Å². The minimum atomic E-state index is 0.154. The number of benzene rings is 2. The summed E-state index contributed by atoms with van der Waals surface area (Å²) < 4.78 is 0. The van der Waals surface area contributed by atoms with Crippen LogP contribution in [0, 0.1) is 5.92 Å². The first-order valence-electron chi connectivity index (χ1n) is 7.70. The number of carbonyl (C=O) groups excluding carboxylic acids is 1. The molecule has 2 aromatic carbocycles. The van der Waals surface area contributed by atoms with Crippen molar-refractivity contribution < 1.29 is 4.79 Å². The Morgan fingerprint density at radius 2 is 1.57 bits per heavy atom. The summed E-state index contributed by atoms with van der Waals surface area (Å²) >= 11 is 0. The number of amides is 1. The van der Waals surface area contributed by atoms with Gasteiger partial charge in [-0.3, -0.25) is 4.79 Å². The second-order valence-corrected chi connectivity index (χ2v) is 5.70. The molecule has 3 rings (SSSR count). The summed E-state index contributed by atoms with van der Waals surface area (Å²) in [5.41, 5.74) is 2.45. The Morgan fingerprint density at radius 1 is 0.952 bits per heavy atom. The van der Waals surface area contributed by atoms with Gasteiger partial charge in [-0.05, 0) is 17.5 Å². The van der Waals surface area contributed by atoms with E-state index in [0.29, 0.717) is 12.5 Å². The molecule has 0 bridgehead atoms. The zero-order valence-corrected chi connectivity index (χ0v) is 12.4. The normalized spacial score (nSPS) is 21.2. The van der Waals surface area contributed by atoms with E-state index >= 15 is 0 Å². The van der Waals surface area contributed by atoms with Gasteiger partial charge in [-0.2, -0.15) is 0 Å². The minimum Gasteiger partial charge on any atom is -0.330 e. The van der Waals surface area contributed by atoms with Gasteiger partial charge in [-0.1, -0.05) is 74.0 Å². The van der Waals surface area contributed by atoms with Crippen molar-refractivity contribution in [1.29, 1.82) is 0 Å². The van der Waals surface area contributed by atoms with E-state index < -0.39 is 0 Å². The molecule has 0 saturated carbocycles. The van der Waals surface area contributed by atoms with Crippen LogP contribution in [0.1, 0.15) is 36.9 Å². The molecule has 1 fully saturated rings. The van der Waals surface area contributed by atoms with Crippen molar-refractivity contribution in [3.63, 3.8) is 0 Å². The predicted molar refractivity (Wildman–Crippen MR) is 84.6 cm³/mol.